The Labute approximate surface area is 131 Å². The highest BCUT2D eigenvalue weighted by Crippen LogP contribution is 2.27. The number of furan rings is 1. The molecule has 0 radical (unpaired) electrons. The lowest BCUT2D eigenvalue weighted by molar-refractivity contribution is 0.482. The monoisotopic (exact) mass is 378 g/mol. The van der Waals surface area contributed by atoms with Crippen molar-refractivity contribution in [3.63, 3.8) is 0 Å². The topological polar surface area (TPSA) is 22.4 Å². The molecule has 0 aliphatic heterocycles. The normalized spacial score (nSPS) is 10.8. The van der Waals surface area contributed by atoms with E-state index in [1.165, 1.54) is 16.4 Å². The fraction of sp³-hybridized carbons (Fsp3) is 0.176. The number of aryl methyl sites for hydroxylation is 1. The molecule has 0 unspecified atom stereocenters. The van der Waals surface area contributed by atoms with Gasteiger partial charge in [-0.15, -0.1) is 0 Å². The summed E-state index contributed by atoms with van der Waals surface area (Å²) < 4.78 is 12.4. The van der Waals surface area contributed by atoms with Gasteiger partial charge >= 0.3 is 0 Å². The van der Waals surface area contributed by atoms with Gasteiger partial charge < -0.3 is 9.15 Å². The average Bonchev–Trinajstić information content (AvgIpc) is 2.93. The summed E-state index contributed by atoms with van der Waals surface area (Å²) in [6.45, 7) is 0. The van der Waals surface area contributed by atoms with Gasteiger partial charge in [0.2, 0.25) is 0 Å². The molecule has 2 aromatic carbocycles. The van der Waals surface area contributed by atoms with E-state index in [9.17, 15) is 0 Å². The van der Waals surface area contributed by atoms with Crippen LogP contribution in [0, 0.1) is 0 Å². The molecule has 0 atom stereocenters. The lowest BCUT2D eigenvalue weighted by atomic mass is 10.1. The van der Waals surface area contributed by atoms with Crippen LogP contribution < -0.4 is 4.74 Å². The maximum atomic E-state index is 5.93. The molecular formula is C17H15IO2. The fourth-order valence-electron chi connectivity index (χ4n) is 2.18. The van der Waals surface area contributed by atoms with E-state index >= 15 is 0 Å². The third kappa shape index (κ3) is 3.15. The molecule has 0 saturated heterocycles. The van der Waals surface area contributed by atoms with Crippen molar-refractivity contribution >= 4 is 33.6 Å². The smallest absolute Gasteiger partial charge is 0.134 e. The first kappa shape index (κ1) is 13.5. The molecule has 0 aliphatic carbocycles. The molecule has 102 valence electrons. The second kappa shape index (κ2) is 6.31. The predicted octanol–water partition coefficient (Wildman–Crippen LogP) is 5.59. The van der Waals surface area contributed by atoms with Gasteiger partial charge in [0.15, 0.2) is 0 Å². The molecular weight excluding hydrogens is 363 g/mol. The summed E-state index contributed by atoms with van der Waals surface area (Å²) in [5.74, 6) is 1.73. The third-order valence-corrected chi connectivity index (χ3v) is 3.92. The Hall–Kier alpha value is -1.49. The summed E-state index contributed by atoms with van der Waals surface area (Å²) >= 11 is 2.41. The molecule has 3 aromatic rings. The van der Waals surface area contributed by atoms with E-state index < -0.39 is 0 Å². The van der Waals surface area contributed by atoms with Crippen LogP contribution in [0.25, 0.3) is 11.0 Å². The largest absolute Gasteiger partial charge is 0.464 e. The Bertz CT molecular complexity index is 703. The minimum Gasteiger partial charge on any atom is -0.464 e. The standard InChI is InChI=1S/C17H15IO2/c18-9-2-4-13-3-1-5-15(11-13)20-16-6-7-17-14(12-16)8-10-19-17/h1,3,5-8,10-12H,2,4,9H2. The summed E-state index contributed by atoms with van der Waals surface area (Å²) in [4.78, 5) is 0. The molecule has 1 heterocycles. The molecule has 3 heteroatoms. The van der Waals surface area contributed by atoms with Crippen LogP contribution in [0.5, 0.6) is 11.5 Å². The molecule has 0 saturated carbocycles. The fourth-order valence-corrected chi connectivity index (χ4v) is 2.56. The van der Waals surface area contributed by atoms with Gasteiger partial charge in [-0.3, -0.25) is 0 Å². The zero-order valence-corrected chi connectivity index (χ0v) is 13.2. The van der Waals surface area contributed by atoms with Crippen LogP contribution >= 0.6 is 22.6 Å². The van der Waals surface area contributed by atoms with E-state index in [0.29, 0.717) is 0 Å². The van der Waals surface area contributed by atoms with Crippen LogP contribution in [0.2, 0.25) is 0 Å². The third-order valence-electron chi connectivity index (χ3n) is 3.16. The van der Waals surface area contributed by atoms with Crippen LogP contribution in [0.3, 0.4) is 0 Å². The summed E-state index contributed by atoms with van der Waals surface area (Å²) in [6, 6.07) is 16.1. The van der Waals surface area contributed by atoms with E-state index in [0.717, 1.165) is 28.9 Å². The summed E-state index contributed by atoms with van der Waals surface area (Å²) in [5.41, 5.74) is 2.21. The van der Waals surface area contributed by atoms with Crippen molar-refractivity contribution in [1.82, 2.24) is 0 Å². The minimum absolute atomic E-state index is 0.838. The number of hydrogen-bond donors (Lipinski definition) is 0. The van der Waals surface area contributed by atoms with Crippen molar-refractivity contribution in [2.24, 2.45) is 0 Å². The Morgan fingerprint density at radius 1 is 1.00 bits per heavy atom. The highest BCUT2D eigenvalue weighted by Gasteiger charge is 2.02. The number of rotatable bonds is 5. The number of hydrogen-bond acceptors (Lipinski definition) is 2. The molecule has 0 amide bonds. The van der Waals surface area contributed by atoms with Crippen molar-refractivity contribution in [2.45, 2.75) is 12.8 Å². The van der Waals surface area contributed by atoms with Gasteiger partial charge in [-0.2, -0.15) is 0 Å². The maximum absolute atomic E-state index is 5.93. The molecule has 3 rings (SSSR count). The Morgan fingerprint density at radius 3 is 2.80 bits per heavy atom. The van der Waals surface area contributed by atoms with Crippen molar-refractivity contribution in [1.29, 1.82) is 0 Å². The predicted molar refractivity (Wildman–Crippen MR) is 89.9 cm³/mol. The first-order chi connectivity index (χ1) is 9.85. The van der Waals surface area contributed by atoms with Crippen molar-refractivity contribution < 1.29 is 9.15 Å². The molecule has 0 bridgehead atoms. The van der Waals surface area contributed by atoms with E-state index in [4.69, 9.17) is 9.15 Å². The van der Waals surface area contributed by atoms with E-state index in [1.54, 1.807) is 6.26 Å². The van der Waals surface area contributed by atoms with Gasteiger partial charge in [0, 0.05) is 5.39 Å². The highest BCUT2D eigenvalue weighted by molar-refractivity contribution is 14.1. The van der Waals surface area contributed by atoms with Crippen molar-refractivity contribution in [2.75, 3.05) is 4.43 Å². The van der Waals surface area contributed by atoms with Crippen molar-refractivity contribution in [3.8, 4) is 11.5 Å². The van der Waals surface area contributed by atoms with E-state index in [-0.39, 0.29) is 0 Å². The van der Waals surface area contributed by atoms with Crippen LogP contribution in [-0.4, -0.2) is 4.43 Å². The number of ether oxygens (including phenoxy) is 1. The summed E-state index contributed by atoms with van der Waals surface area (Å²) in [6.07, 6.45) is 3.99. The summed E-state index contributed by atoms with van der Waals surface area (Å²) in [7, 11) is 0. The van der Waals surface area contributed by atoms with E-state index in [1.807, 2.05) is 36.4 Å². The number of alkyl halides is 1. The molecule has 1 aromatic heterocycles. The zero-order valence-electron chi connectivity index (χ0n) is 11.0. The van der Waals surface area contributed by atoms with Gasteiger partial charge in [0.1, 0.15) is 17.1 Å². The van der Waals surface area contributed by atoms with Crippen LogP contribution in [0.1, 0.15) is 12.0 Å². The van der Waals surface area contributed by atoms with Gasteiger partial charge in [0.05, 0.1) is 6.26 Å². The lowest BCUT2D eigenvalue weighted by Gasteiger charge is -2.07. The second-order valence-corrected chi connectivity index (χ2v) is 5.74. The Balaban J connectivity index is 1.79. The SMILES string of the molecule is ICCCc1cccc(Oc2ccc3occc3c2)c1. The van der Waals surface area contributed by atoms with Crippen LogP contribution in [0.15, 0.2) is 59.2 Å². The van der Waals surface area contributed by atoms with Crippen molar-refractivity contribution in [3.05, 3.63) is 60.4 Å². The zero-order chi connectivity index (χ0) is 13.8. The Morgan fingerprint density at radius 2 is 1.90 bits per heavy atom. The summed E-state index contributed by atoms with van der Waals surface area (Å²) in [5, 5.41) is 1.06. The molecule has 20 heavy (non-hydrogen) atoms. The number of halogens is 1. The highest BCUT2D eigenvalue weighted by atomic mass is 127. The molecule has 0 spiro atoms. The second-order valence-electron chi connectivity index (χ2n) is 4.66. The Kier molecular flexibility index (Phi) is 4.25. The molecule has 0 aliphatic rings. The molecule has 0 fully saturated rings. The average molecular weight is 378 g/mol. The first-order valence-corrected chi connectivity index (χ1v) is 8.18. The molecule has 2 nitrogen and oxygen atoms in total. The van der Waals surface area contributed by atoms with Gasteiger partial charge in [-0.25, -0.2) is 0 Å². The minimum atomic E-state index is 0.838. The number of fused-ring (bicyclic) bond motifs is 1. The van der Waals surface area contributed by atoms with Gasteiger partial charge in [-0.1, -0.05) is 34.7 Å². The van der Waals surface area contributed by atoms with Gasteiger partial charge in [-0.05, 0) is 59.2 Å². The van der Waals surface area contributed by atoms with Gasteiger partial charge in [0.25, 0.3) is 0 Å². The molecule has 0 N–H and O–H groups in total. The quantitative estimate of drug-likeness (QED) is 0.426. The maximum Gasteiger partial charge on any atom is 0.134 e. The van der Waals surface area contributed by atoms with Crippen LogP contribution in [-0.2, 0) is 6.42 Å². The van der Waals surface area contributed by atoms with E-state index in [2.05, 4.69) is 34.7 Å². The van der Waals surface area contributed by atoms with Crippen LogP contribution in [0.4, 0.5) is 0 Å². The number of benzene rings is 2. The first-order valence-electron chi connectivity index (χ1n) is 6.65. The lowest BCUT2D eigenvalue weighted by Crippen LogP contribution is -1.88.